The van der Waals surface area contributed by atoms with E-state index in [1.165, 1.54) is 19.3 Å². The molecular weight excluding hydrogens is 392 g/mol. The van der Waals surface area contributed by atoms with Gasteiger partial charge in [0.1, 0.15) is 10.3 Å². The Balaban J connectivity index is 1.73. The third-order valence-electron chi connectivity index (χ3n) is 5.11. The number of carbonyl (C=O) groups excluding carboxylic acids is 1. The number of nitrogens with one attached hydrogen (secondary N) is 2. The lowest BCUT2D eigenvalue weighted by molar-refractivity contribution is -0.123. The van der Waals surface area contributed by atoms with Gasteiger partial charge >= 0.3 is 0 Å². The molecule has 1 unspecified atom stereocenters. The van der Waals surface area contributed by atoms with Crippen LogP contribution in [0.4, 0.5) is 0 Å². The maximum Gasteiger partial charge on any atom is 0.250 e. The second-order valence-corrected chi connectivity index (χ2v) is 10.2. The Morgan fingerprint density at radius 3 is 2.32 bits per heavy atom. The smallest absolute Gasteiger partial charge is 0.250 e. The van der Waals surface area contributed by atoms with E-state index in [9.17, 15) is 13.2 Å². The van der Waals surface area contributed by atoms with Crippen LogP contribution in [0.5, 0.6) is 0 Å². The summed E-state index contributed by atoms with van der Waals surface area (Å²) >= 11 is 1.15. The lowest BCUT2D eigenvalue weighted by Gasteiger charge is -2.25. The van der Waals surface area contributed by atoms with E-state index in [2.05, 4.69) is 10.0 Å². The Kier molecular flexibility index (Phi) is 7.65. The largest absolute Gasteiger partial charge is 0.352 e. The Bertz CT molecular complexity index is 828. The molecule has 1 atom stereocenters. The predicted octanol–water partition coefficient (Wildman–Crippen LogP) is 3.87. The lowest BCUT2D eigenvalue weighted by atomic mass is 9.96. The fraction of sp³-hybridized carbons (Fsp3) is 0.476. The zero-order chi connectivity index (χ0) is 19.8. The summed E-state index contributed by atoms with van der Waals surface area (Å²) < 4.78 is 28.3. The van der Waals surface area contributed by atoms with Gasteiger partial charge in [0.25, 0.3) is 10.0 Å². The first kappa shape index (κ1) is 21.0. The predicted molar refractivity (Wildman–Crippen MR) is 113 cm³/mol. The summed E-state index contributed by atoms with van der Waals surface area (Å²) in [6.07, 6.45) is 8.12. The van der Waals surface area contributed by atoms with Gasteiger partial charge in [-0.1, -0.05) is 68.5 Å². The summed E-state index contributed by atoms with van der Waals surface area (Å²) in [4.78, 5) is 13.0. The summed E-state index contributed by atoms with van der Waals surface area (Å²) in [6.45, 7) is 0. The van der Waals surface area contributed by atoms with Gasteiger partial charge in [-0.25, -0.2) is 8.42 Å². The van der Waals surface area contributed by atoms with Gasteiger partial charge in [0.05, 0.1) is 0 Å². The maximum atomic E-state index is 13.0. The van der Waals surface area contributed by atoms with Gasteiger partial charge in [0, 0.05) is 6.04 Å². The van der Waals surface area contributed by atoms with Crippen molar-refractivity contribution in [2.45, 2.75) is 67.7 Å². The van der Waals surface area contributed by atoms with Crippen LogP contribution in [0.25, 0.3) is 0 Å². The zero-order valence-electron chi connectivity index (χ0n) is 16.0. The molecular formula is C21H28N2O3S2. The minimum atomic E-state index is -3.73. The molecule has 1 aliphatic rings. The van der Waals surface area contributed by atoms with Crippen molar-refractivity contribution in [3.8, 4) is 0 Å². The first-order valence-electron chi connectivity index (χ1n) is 9.95. The van der Waals surface area contributed by atoms with Gasteiger partial charge in [-0.3, -0.25) is 4.79 Å². The summed E-state index contributed by atoms with van der Waals surface area (Å²) in [6, 6.07) is 12.1. The van der Waals surface area contributed by atoms with Crippen molar-refractivity contribution in [1.29, 1.82) is 0 Å². The van der Waals surface area contributed by atoms with Crippen molar-refractivity contribution in [3.05, 3.63) is 53.4 Å². The SMILES string of the molecule is O=C(NC1CCCCCCC1)C(Cc1ccccc1)NS(=O)(=O)c1cccs1. The quantitative estimate of drug-likeness (QED) is 0.714. The summed E-state index contributed by atoms with van der Waals surface area (Å²) in [5, 5.41) is 4.83. The molecule has 1 heterocycles. The molecule has 1 saturated carbocycles. The Morgan fingerprint density at radius 1 is 1.00 bits per heavy atom. The van der Waals surface area contributed by atoms with Crippen molar-refractivity contribution >= 4 is 27.3 Å². The normalized spacial score (nSPS) is 17.4. The first-order valence-corrected chi connectivity index (χ1v) is 12.3. The summed E-state index contributed by atoms with van der Waals surface area (Å²) in [5.74, 6) is -0.241. The molecule has 1 aromatic carbocycles. The molecule has 0 radical (unpaired) electrons. The number of sulfonamides is 1. The molecule has 0 aliphatic heterocycles. The number of carbonyl (C=O) groups is 1. The highest BCUT2D eigenvalue weighted by molar-refractivity contribution is 7.91. The number of thiophene rings is 1. The van der Waals surface area contributed by atoms with E-state index < -0.39 is 16.1 Å². The fourth-order valence-corrected chi connectivity index (χ4v) is 5.81. The monoisotopic (exact) mass is 420 g/mol. The van der Waals surface area contributed by atoms with Crippen molar-refractivity contribution in [2.75, 3.05) is 0 Å². The van der Waals surface area contributed by atoms with E-state index in [0.29, 0.717) is 6.42 Å². The van der Waals surface area contributed by atoms with Crippen LogP contribution in [0, 0.1) is 0 Å². The van der Waals surface area contributed by atoms with E-state index >= 15 is 0 Å². The Labute approximate surface area is 171 Å². The topological polar surface area (TPSA) is 75.3 Å². The highest BCUT2D eigenvalue weighted by Gasteiger charge is 2.28. The van der Waals surface area contributed by atoms with Crippen LogP contribution in [-0.4, -0.2) is 26.4 Å². The third-order valence-corrected chi connectivity index (χ3v) is 7.98. The van der Waals surface area contributed by atoms with Gasteiger partial charge in [-0.05, 0) is 36.3 Å². The maximum absolute atomic E-state index is 13.0. The zero-order valence-corrected chi connectivity index (χ0v) is 17.6. The molecule has 7 heteroatoms. The van der Waals surface area contributed by atoms with Crippen LogP contribution in [0.1, 0.15) is 50.5 Å². The first-order chi connectivity index (χ1) is 13.5. The lowest BCUT2D eigenvalue weighted by Crippen LogP contribution is -2.50. The molecule has 5 nitrogen and oxygen atoms in total. The molecule has 0 bridgehead atoms. The molecule has 152 valence electrons. The van der Waals surface area contributed by atoms with E-state index in [1.54, 1.807) is 17.5 Å². The van der Waals surface area contributed by atoms with E-state index in [1.807, 2.05) is 30.3 Å². The van der Waals surface area contributed by atoms with Crippen LogP contribution in [0.15, 0.2) is 52.1 Å². The van der Waals surface area contributed by atoms with Crippen LogP contribution in [-0.2, 0) is 21.2 Å². The van der Waals surface area contributed by atoms with Gasteiger partial charge in [-0.15, -0.1) is 11.3 Å². The molecule has 2 aromatic rings. The second-order valence-electron chi connectivity index (χ2n) is 7.35. The van der Waals surface area contributed by atoms with Crippen LogP contribution in [0.3, 0.4) is 0 Å². The van der Waals surface area contributed by atoms with Crippen molar-refractivity contribution in [1.82, 2.24) is 10.0 Å². The summed E-state index contributed by atoms with van der Waals surface area (Å²) in [5.41, 5.74) is 0.925. The number of rotatable bonds is 7. The number of benzene rings is 1. The van der Waals surface area contributed by atoms with E-state index in [0.717, 1.165) is 42.6 Å². The third kappa shape index (κ3) is 6.15. The molecule has 0 spiro atoms. The van der Waals surface area contributed by atoms with E-state index in [4.69, 9.17) is 0 Å². The van der Waals surface area contributed by atoms with Crippen LogP contribution in [0.2, 0.25) is 0 Å². The van der Waals surface area contributed by atoms with Crippen molar-refractivity contribution < 1.29 is 13.2 Å². The average molecular weight is 421 g/mol. The molecule has 3 rings (SSSR count). The highest BCUT2D eigenvalue weighted by atomic mass is 32.2. The number of hydrogen-bond acceptors (Lipinski definition) is 4. The standard InChI is InChI=1S/C21H28N2O3S2/c24-21(22-18-12-7-2-1-3-8-13-18)19(16-17-10-5-4-6-11-17)23-28(25,26)20-14-9-15-27-20/h4-6,9-11,14-15,18-19,23H,1-3,7-8,12-13,16H2,(H,22,24). The molecule has 0 saturated heterocycles. The van der Waals surface area contributed by atoms with Crippen LogP contribution >= 0.6 is 11.3 Å². The second kappa shape index (κ2) is 10.2. The molecule has 1 fully saturated rings. The van der Waals surface area contributed by atoms with Crippen molar-refractivity contribution in [3.63, 3.8) is 0 Å². The summed E-state index contributed by atoms with van der Waals surface area (Å²) in [7, 11) is -3.73. The highest BCUT2D eigenvalue weighted by Crippen LogP contribution is 2.19. The van der Waals surface area contributed by atoms with E-state index in [-0.39, 0.29) is 16.2 Å². The minimum Gasteiger partial charge on any atom is -0.352 e. The number of amides is 1. The molecule has 1 aromatic heterocycles. The molecule has 28 heavy (non-hydrogen) atoms. The van der Waals surface area contributed by atoms with Crippen molar-refractivity contribution in [2.24, 2.45) is 0 Å². The van der Waals surface area contributed by atoms with Gasteiger partial charge in [0.2, 0.25) is 5.91 Å². The Hall–Kier alpha value is -1.70. The Morgan fingerprint density at radius 2 is 1.68 bits per heavy atom. The molecule has 1 aliphatic carbocycles. The minimum absolute atomic E-state index is 0.123. The number of hydrogen-bond donors (Lipinski definition) is 2. The fourth-order valence-electron chi connectivity index (χ4n) is 3.60. The van der Waals surface area contributed by atoms with Gasteiger partial charge in [-0.2, -0.15) is 4.72 Å². The average Bonchev–Trinajstić information content (AvgIpc) is 3.20. The van der Waals surface area contributed by atoms with Gasteiger partial charge < -0.3 is 5.32 Å². The van der Waals surface area contributed by atoms with Crippen LogP contribution < -0.4 is 10.0 Å². The van der Waals surface area contributed by atoms with Gasteiger partial charge in [0.15, 0.2) is 0 Å². The molecule has 1 amide bonds. The molecule has 2 N–H and O–H groups in total.